The quantitative estimate of drug-likeness (QED) is 0.677. The number of nitrogens with zero attached hydrogens (tertiary/aromatic N) is 2. The standard InChI is InChI=1S/C8H5ClN2O/c9-6-1-2-7(10-3-6)8-4-12-5-11-8/h1-5H. The molecule has 2 heterocycles. The van der Waals surface area contributed by atoms with Crippen LogP contribution >= 0.6 is 11.6 Å². The van der Waals surface area contributed by atoms with Gasteiger partial charge in [-0.05, 0) is 12.1 Å². The fraction of sp³-hybridized carbons (Fsp3) is 0. The van der Waals surface area contributed by atoms with E-state index in [0.717, 1.165) is 5.69 Å². The first-order valence-corrected chi connectivity index (χ1v) is 3.74. The molecular formula is C8H5ClN2O. The van der Waals surface area contributed by atoms with Gasteiger partial charge >= 0.3 is 0 Å². The molecule has 0 amide bonds. The highest BCUT2D eigenvalue weighted by Crippen LogP contribution is 2.15. The number of pyridine rings is 1. The maximum absolute atomic E-state index is 5.67. The summed E-state index contributed by atoms with van der Waals surface area (Å²) < 4.78 is 4.82. The summed E-state index contributed by atoms with van der Waals surface area (Å²) in [4.78, 5) is 8.01. The van der Waals surface area contributed by atoms with Crippen molar-refractivity contribution in [2.24, 2.45) is 0 Å². The van der Waals surface area contributed by atoms with Gasteiger partial charge in [0.15, 0.2) is 6.39 Å². The molecular weight excluding hydrogens is 176 g/mol. The van der Waals surface area contributed by atoms with E-state index in [9.17, 15) is 0 Å². The van der Waals surface area contributed by atoms with Crippen LogP contribution in [0.4, 0.5) is 0 Å². The van der Waals surface area contributed by atoms with Crippen molar-refractivity contribution in [3.63, 3.8) is 0 Å². The van der Waals surface area contributed by atoms with E-state index in [1.54, 1.807) is 18.3 Å². The fourth-order valence-electron chi connectivity index (χ4n) is 0.866. The number of hydrogen-bond acceptors (Lipinski definition) is 3. The molecule has 2 aromatic heterocycles. The summed E-state index contributed by atoms with van der Waals surface area (Å²) in [6.45, 7) is 0. The summed E-state index contributed by atoms with van der Waals surface area (Å²) >= 11 is 5.67. The molecule has 0 aliphatic carbocycles. The van der Waals surface area contributed by atoms with Crippen molar-refractivity contribution in [2.75, 3.05) is 0 Å². The first-order valence-electron chi connectivity index (χ1n) is 3.36. The predicted molar refractivity (Wildman–Crippen MR) is 44.7 cm³/mol. The van der Waals surface area contributed by atoms with Gasteiger partial charge in [0.05, 0.1) is 10.7 Å². The summed E-state index contributed by atoms with van der Waals surface area (Å²) in [5.41, 5.74) is 1.47. The van der Waals surface area contributed by atoms with Crippen molar-refractivity contribution >= 4 is 11.6 Å². The van der Waals surface area contributed by atoms with Gasteiger partial charge in [-0.15, -0.1) is 0 Å². The van der Waals surface area contributed by atoms with Gasteiger partial charge in [0, 0.05) is 6.20 Å². The average molecular weight is 181 g/mol. The Morgan fingerprint density at radius 1 is 1.17 bits per heavy atom. The zero-order valence-corrected chi connectivity index (χ0v) is 6.82. The van der Waals surface area contributed by atoms with Crippen LogP contribution < -0.4 is 0 Å². The minimum Gasteiger partial charge on any atom is -0.451 e. The van der Waals surface area contributed by atoms with E-state index in [1.807, 2.05) is 0 Å². The Hall–Kier alpha value is -1.35. The highest BCUT2D eigenvalue weighted by molar-refractivity contribution is 6.30. The number of oxazole rings is 1. The molecule has 0 atom stereocenters. The third-order valence-electron chi connectivity index (χ3n) is 1.42. The van der Waals surface area contributed by atoms with Gasteiger partial charge in [-0.2, -0.15) is 0 Å². The smallest absolute Gasteiger partial charge is 0.181 e. The molecule has 60 valence electrons. The minimum absolute atomic E-state index is 0.613. The third-order valence-corrected chi connectivity index (χ3v) is 1.65. The Bertz CT molecular complexity index is 355. The van der Waals surface area contributed by atoms with Crippen LogP contribution in [0.1, 0.15) is 0 Å². The highest BCUT2D eigenvalue weighted by Gasteiger charge is 2.00. The highest BCUT2D eigenvalue weighted by atomic mass is 35.5. The molecule has 2 aromatic rings. The van der Waals surface area contributed by atoms with Crippen LogP contribution in [0.3, 0.4) is 0 Å². The molecule has 0 N–H and O–H groups in total. The monoisotopic (exact) mass is 180 g/mol. The predicted octanol–water partition coefficient (Wildman–Crippen LogP) is 2.39. The fourth-order valence-corrected chi connectivity index (χ4v) is 0.978. The van der Waals surface area contributed by atoms with Crippen LogP contribution in [-0.4, -0.2) is 9.97 Å². The van der Waals surface area contributed by atoms with Crippen LogP contribution in [0.5, 0.6) is 0 Å². The number of aromatic nitrogens is 2. The first-order chi connectivity index (χ1) is 5.86. The van der Waals surface area contributed by atoms with Crippen molar-refractivity contribution in [3.8, 4) is 11.4 Å². The Kier molecular flexibility index (Phi) is 1.80. The van der Waals surface area contributed by atoms with Crippen molar-refractivity contribution in [1.29, 1.82) is 0 Å². The average Bonchev–Trinajstić information content (AvgIpc) is 2.58. The molecule has 0 fully saturated rings. The molecule has 2 rings (SSSR count). The second-order valence-electron chi connectivity index (χ2n) is 2.24. The maximum Gasteiger partial charge on any atom is 0.181 e. The maximum atomic E-state index is 5.67. The van der Waals surface area contributed by atoms with Crippen molar-refractivity contribution in [2.45, 2.75) is 0 Å². The molecule has 4 heteroatoms. The topological polar surface area (TPSA) is 38.9 Å². The van der Waals surface area contributed by atoms with Crippen LogP contribution in [0.25, 0.3) is 11.4 Å². The molecule has 0 unspecified atom stereocenters. The number of rotatable bonds is 1. The number of hydrogen-bond donors (Lipinski definition) is 0. The molecule has 0 bridgehead atoms. The second-order valence-corrected chi connectivity index (χ2v) is 2.67. The van der Waals surface area contributed by atoms with Gasteiger partial charge in [0.2, 0.25) is 0 Å². The molecule has 0 saturated carbocycles. The summed E-state index contributed by atoms with van der Waals surface area (Å²) in [7, 11) is 0. The van der Waals surface area contributed by atoms with Crippen LogP contribution in [0.2, 0.25) is 5.02 Å². The summed E-state index contributed by atoms with van der Waals surface area (Å²) in [6, 6.07) is 3.55. The zero-order valence-electron chi connectivity index (χ0n) is 6.07. The Morgan fingerprint density at radius 3 is 2.67 bits per heavy atom. The lowest BCUT2D eigenvalue weighted by atomic mass is 10.3. The van der Waals surface area contributed by atoms with Gasteiger partial charge in [-0.3, -0.25) is 4.98 Å². The SMILES string of the molecule is Clc1ccc(-c2cocn2)nc1. The lowest BCUT2D eigenvalue weighted by Gasteiger charge is -1.92. The van der Waals surface area contributed by atoms with E-state index in [1.165, 1.54) is 12.7 Å². The molecule has 3 nitrogen and oxygen atoms in total. The molecule has 0 saturated heterocycles. The van der Waals surface area contributed by atoms with Crippen molar-refractivity contribution in [3.05, 3.63) is 36.0 Å². The van der Waals surface area contributed by atoms with Crippen LogP contribution in [0.15, 0.2) is 35.4 Å². The lowest BCUT2D eigenvalue weighted by Crippen LogP contribution is -1.81. The molecule has 12 heavy (non-hydrogen) atoms. The minimum atomic E-state index is 0.613. The van der Waals surface area contributed by atoms with Gasteiger partial charge in [-0.1, -0.05) is 11.6 Å². The van der Waals surface area contributed by atoms with E-state index >= 15 is 0 Å². The Morgan fingerprint density at radius 2 is 2.08 bits per heavy atom. The van der Waals surface area contributed by atoms with Crippen molar-refractivity contribution < 1.29 is 4.42 Å². The summed E-state index contributed by atoms with van der Waals surface area (Å²) in [6.07, 6.45) is 4.48. The zero-order chi connectivity index (χ0) is 8.39. The molecule has 0 spiro atoms. The summed E-state index contributed by atoms with van der Waals surface area (Å²) in [5, 5.41) is 0.613. The normalized spacial score (nSPS) is 10.1. The first kappa shape index (κ1) is 7.31. The van der Waals surface area contributed by atoms with E-state index in [4.69, 9.17) is 16.0 Å². The lowest BCUT2D eigenvalue weighted by molar-refractivity contribution is 0.558. The van der Waals surface area contributed by atoms with Crippen molar-refractivity contribution in [1.82, 2.24) is 9.97 Å². The molecule has 0 aliphatic heterocycles. The van der Waals surface area contributed by atoms with Gasteiger partial charge in [0.1, 0.15) is 12.0 Å². The van der Waals surface area contributed by atoms with Crippen LogP contribution in [-0.2, 0) is 0 Å². The van der Waals surface area contributed by atoms with Gasteiger partial charge in [0.25, 0.3) is 0 Å². The summed E-state index contributed by atoms with van der Waals surface area (Å²) in [5.74, 6) is 0. The second kappa shape index (κ2) is 2.95. The van der Waals surface area contributed by atoms with Gasteiger partial charge in [-0.25, -0.2) is 4.98 Å². The van der Waals surface area contributed by atoms with E-state index in [0.29, 0.717) is 10.7 Å². The van der Waals surface area contributed by atoms with E-state index in [-0.39, 0.29) is 0 Å². The Labute approximate surface area is 74.0 Å². The third kappa shape index (κ3) is 1.31. The molecule has 0 radical (unpaired) electrons. The van der Waals surface area contributed by atoms with Gasteiger partial charge < -0.3 is 4.42 Å². The van der Waals surface area contributed by atoms with E-state index in [2.05, 4.69) is 9.97 Å². The molecule has 0 aromatic carbocycles. The molecule has 0 aliphatic rings. The largest absolute Gasteiger partial charge is 0.451 e. The Balaban J connectivity index is 2.43. The number of halogens is 1. The van der Waals surface area contributed by atoms with E-state index < -0.39 is 0 Å². The van der Waals surface area contributed by atoms with Crippen LogP contribution in [0, 0.1) is 0 Å².